The zero-order chi connectivity index (χ0) is 13.1. The van der Waals surface area contributed by atoms with Crippen LogP contribution in [0.4, 0.5) is 5.69 Å². The Morgan fingerprint density at radius 1 is 1.11 bits per heavy atom. The number of benzene rings is 1. The zero-order valence-electron chi connectivity index (χ0n) is 11.9. The fourth-order valence-electron chi connectivity index (χ4n) is 3.09. The van der Waals surface area contributed by atoms with Gasteiger partial charge in [-0.25, -0.2) is 0 Å². The first kappa shape index (κ1) is 13.4. The lowest BCUT2D eigenvalue weighted by atomic mass is 9.84. The van der Waals surface area contributed by atoms with Gasteiger partial charge in [0.2, 0.25) is 0 Å². The molecule has 2 N–H and O–H groups in total. The monoisotopic (exact) mass is 246 g/mol. The maximum absolute atomic E-state index is 6.24. The fraction of sp³-hybridized carbons (Fsp3) is 0.625. The van der Waals surface area contributed by atoms with E-state index in [9.17, 15) is 0 Å². The van der Waals surface area contributed by atoms with Crippen molar-refractivity contribution in [3.05, 3.63) is 29.3 Å². The van der Waals surface area contributed by atoms with Crippen molar-refractivity contribution in [2.24, 2.45) is 11.7 Å². The SMILES string of the molecule is Cc1cc(C)cc(N(C)CC2CCCCC2N)c1. The summed E-state index contributed by atoms with van der Waals surface area (Å²) in [5.74, 6) is 0.657. The Kier molecular flexibility index (Phi) is 4.28. The van der Waals surface area contributed by atoms with E-state index in [0.29, 0.717) is 12.0 Å². The molecule has 100 valence electrons. The number of nitrogens with zero attached hydrogens (tertiary/aromatic N) is 1. The second-order valence-electron chi connectivity index (χ2n) is 5.93. The Morgan fingerprint density at radius 2 is 1.72 bits per heavy atom. The Bertz CT molecular complexity index is 380. The highest BCUT2D eigenvalue weighted by molar-refractivity contribution is 5.50. The second-order valence-corrected chi connectivity index (χ2v) is 5.93. The maximum Gasteiger partial charge on any atom is 0.0369 e. The molecule has 1 fully saturated rings. The van der Waals surface area contributed by atoms with Crippen molar-refractivity contribution in [3.8, 4) is 0 Å². The van der Waals surface area contributed by atoms with Gasteiger partial charge in [-0.05, 0) is 55.9 Å². The predicted molar refractivity (Wildman–Crippen MR) is 79.1 cm³/mol. The number of anilines is 1. The van der Waals surface area contributed by atoms with Crippen LogP contribution in [0.1, 0.15) is 36.8 Å². The van der Waals surface area contributed by atoms with Crippen molar-refractivity contribution in [1.29, 1.82) is 0 Å². The standard InChI is InChI=1S/C16H26N2/c1-12-8-13(2)10-15(9-12)18(3)11-14-6-4-5-7-16(14)17/h8-10,14,16H,4-7,11,17H2,1-3H3. The summed E-state index contributed by atoms with van der Waals surface area (Å²) < 4.78 is 0. The third kappa shape index (κ3) is 3.26. The molecule has 1 aromatic rings. The van der Waals surface area contributed by atoms with Gasteiger partial charge >= 0.3 is 0 Å². The molecule has 2 unspecified atom stereocenters. The molecule has 18 heavy (non-hydrogen) atoms. The molecule has 1 aromatic carbocycles. The van der Waals surface area contributed by atoms with E-state index in [1.54, 1.807) is 0 Å². The van der Waals surface area contributed by atoms with Crippen LogP contribution in [0.3, 0.4) is 0 Å². The summed E-state index contributed by atoms with van der Waals surface area (Å²) in [5.41, 5.74) is 10.2. The average molecular weight is 246 g/mol. The molecule has 0 spiro atoms. The first-order valence-electron chi connectivity index (χ1n) is 7.11. The van der Waals surface area contributed by atoms with E-state index in [4.69, 9.17) is 5.73 Å². The molecule has 0 aliphatic heterocycles. The van der Waals surface area contributed by atoms with Gasteiger partial charge in [0.05, 0.1) is 0 Å². The average Bonchev–Trinajstić information content (AvgIpc) is 2.31. The van der Waals surface area contributed by atoms with Gasteiger partial charge < -0.3 is 10.6 Å². The predicted octanol–water partition coefficient (Wildman–Crippen LogP) is 3.26. The van der Waals surface area contributed by atoms with Gasteiger partial charge in [0, 0.05) is 25.3 Å². The molecule has 1 aliphatic rings. The van der Waals surface area contributed by atoms with E-state index in [1.165, 1.54) is 42.5 Å². The number of hydrogen-bond donors (Lipinski definition) is 1. The number of aryl methyl sites for hydroxylation is 2. The van der Waals surface area contributed by atoms with Gasteiger partial charge in [-0.3, -0.25) is 0 Å². The van der Waals surface area contributed by atoms with Crippen LogP contribution in [0.25, 0.3) is 0 Å². The van der Waals surface area contributed by atoms with Gasteiger partial charge in [-0.15, -0.1) is 0 Å². The third-order valence-corrected chi connectivity index (χ3v) is 4.12. The van der Waals surface area contributed by atoms with E-state index in [-0.39, 0.29) is 0 Å². The normalized spacial score (nSPS) is 24.0. The summed E-state index contributed by atoms with van der Waals surface area (Å²) in [5, 5.41) is 0. The van der Waals surface area contributed by atoms with Gasteiger partial charge in [-0.1, -0.05) is 18.9 Å². The largest absolute Gasteiger partial charge is 0.374 e. The summed E-state index contributed by atoms with van der Waals surface area (Å²) in [6, 6.07) is 7.15. The van der Waals surface area contributed by atoms with Crippen LogP contribution >= 0.6 is 0 Å². The second kappa shape index (κ2) is 5.75. The van der Waals surface area contributed by atoms with Crippen LogP contribution in [0.5, 0.6) is 0 Å². The smallest absolute Gasteiger partial charge is 0.0369 e. The summed E-state index contributed by atoms with van der Waals surface area (Å²) in [4.78, 5) is 2.37. The molecule has 2 rings (SSSR count). The number of nitrogens with two attached hydrogens (primary N) is 1. The molecule has 2 atom stereocenters. The lowest BCUT2D eigenvalue weighted by molar-refractivity contribution is 0.312. The van der Waals surface area contributed by atoms with Crippen molar-refractivity contribution in [3.63, 3.8) is 0 Å². The Morgan fingerprint density at radius 3 is 2.33 bits per heavy atom. The van der Waals surface area contributed by atoms with Crippen molar-refractivity contribution >= 4 is 5.69 Å². The molecule has 2 nitrogen and oxygen atoms in total. The van der Waals surface area contributed by atoms with Crippen LogP contribution in [-0.2, 0) is 0 Å². The molecule has 0 saturated heterocycles. The Labute approximate surface area is 111 Å². The first-order chi connectivity index (χ1) is 8.56. The van der Waals surface area contributed by atoms with Gasteiger partial charge in [0.25, 0.3) is 0 Å². The van der Waals surface area contributed by atoms with Crippen LogP contribution in [-0.4, -0.2) is 19.6 Å². The van der Waals surface area contributed by atoms with Gasteiger partial charge in [0.15, 0.2) is 0 Å². The van der Waals surface area contributed by atoms with Crippen molar-refractivity contribution in [2.45, 2.75) is 45.6 Å². The minimum atomic E-state index is 0.395. The van der Waals surface area contributed by atoms with Crippen molar-refractivity contribution < 1.29 is 0 Å². The van der Waals surface area contributed by atoms with Gasteiger partial charge in [0.1, 0.15) is 0 Å². The Balaban J connectivity index is 2.04. The third-order valence-electron chi connectivity index (χ3n) is 4.12. The highest BCUT2D eigenvalue weighted by atomic mass is 15.1. The summed E-state index contributed by atoms with van der Waals surface area (Å²) >= 11 is 0. The van der Waals surface area contributed by atoms with Crippen LogP contribution < -0.4 is 10.6 Å². The van der Waals surface area contributed by atoms with Crippen LogP contribution in [0, 0.1) is 19.8 Å². The lowest BCUT2D eigenvalue weighted by Crippen LogP contribution is -2.40. The molecule has 0 radical (unpaired) electrons. The highest BCUT2D eigenvalue weighted by Gasteiger charge is 2.23. The number of rotatable bonds is 3. The number of hydrogen-bond acceptors (Lipinski definition) is 2. The molecule has 0 aromatic heterocycles. The molecular weight excluding hydrogens is 220 g/mol. The molecule has 0 bridgehead atoms. The first-order valence-corrected chi connectivity index (χ1v) is 7.11. The van der Waals surface area contributed by atoms with Crippen LogP contribution in [0.15, 0.2) is 18.2 Å². The molecule has 1 aliphatic carbocycles. The van der Waals surface area contributed by atoms with E-state index < -0.39 is 0 Å². The van der Waals surface area contributed by atoms with Crippen LogP contribution in [0.2, 0.25) is 0 Å². The van der Waals surface area contributed by atoms with Gasteiger partial charge in [-0.2, -0.15) is 0 Å². The quantitative estimate of drug-likeness (QED) is 0.887. The molecule has 0 heterocycles. The molecule has 2 heteroatoms. The molecule has 0 amide bonds. The van der Waals surface area contributed by atoms with E-state index in [1.807, 2.05) is 0 Å². The Hall–Kier alpha value is -1.02. The topological polar surface area (TPSA) is 29.3 Å². The maximum atomic E-state index is 6.24. The zero-order valence-corrected chi connectivity index (χ0v) is 11.9. The van der Waals surface area contributed by atoms with Crippen molar-refractivity contribution in [1.82, 2.24) is 0 Å². The van der Waals surface area contributed by atoms with E-state index in [2.05, 4.69) is 44.0 Å². The lowest BCUT2D eigenvalue weighted by Gasteiger charge is -2.33. The summed E-state index contributed by atoms with van der Waals surface area (Å²) in [7, 11) is 2.19. The van der Waals surface area contributed by atoms with Crippen molar-refractivity contribution in [2.75, 3.05) is 18.5 Å². The highest BCUT2D eigenvalue weighted by Crippen LogP contribution is 2.26. The molecule has 1 saturated carbocycles. The minimum Gasteiger partial charge on any atom is -0.374 e. The fourth-order valence-corrected chi connectivity index (χ4v) is 3.09. The van der Waals surface area contributed by atoms with E-state index in [0.717, 1.165) is 6.54 Å². The summed E-state index contributed by atoms with van der Waals surface area (Å²) in [6.45, 7) is 5.41. The molecular formula is C16H26N2. The summed E-state index contributed by atoms with van der Waals surface area (Å²) in [6.07, 6.45) is 5.14. The minimum absolute atomic E-state index is 0.395. The van der Waals surface area contributed by atoms with E-state index >= 15 is 0 Å².